The summed E-state index contributed by atoms with van der Waals surface area (Å²) < 4.78 is 0.619. The van der Waals surface area contributed by atoms with Crippen LogP contribution in [0.5, 0.6) is 0 Å². The van der Waals surface area contributed by atoms with Crippen molar-refractivity contribution in [3.8, 4) is 0 Å². The van der Waals surface area contributed by atoms with Gasteiger partial charge in [-0.15, -0.1) is 11.3 Å². The maximum atomic E-state index is 8.44. The van der Waals surface area contributed by atoms with E-state index in [1.807, 2.05) is 0 Å². The van der Waals surface area contributed by atoms with Crippen LogP contribution in [0, 0.1) is 5.41 Å². The van der Waals surface area contributed by atoms with Crippen molar-refractivity contribution < 1.29 is 5.11 Å². The van der Waals surface area contributed by atoms with Crippen molar-refractivity contribution in [2.45, 2.75) is 6.61 Å². The first-order valence-corrected chi connectivity index (χ1v) is 3.59. The van der Waals surface area contributed by atoms with E-state index in [4.69, 9.17) is 22.1 Å². The lowest BCUT2D eigenvalue weighted by Crippen LogP contribution is -1.75. The molecule has 0 aliphatic rings. The van der Waals surface area contributed by atoms with Gasteiger partial charge < -0.3 is 10.5 Å². The second-order valence-corrected chi connectivity index (χ2v) is 2.96. The van der Waals surface area contributed by atoms with Crippen LogP contribution in [0.15, 0.2) is 6.20 Å². The van der Waals surface area contributed by atoms with Gasteiger partial charge in [0, 0.05) is 0 Å². The maximum Gasteiger partial charge on any atom is 0.119 e. The Labute approximate surface area is 67.8 Å². The van der Waals surface area contributed by atoms with Crippen LogP contribution in [0.1, 0.15) is 5.01 Å². The molecule has 0 aliphatic carbocycles. The number of halogens is 1. The Kier molecular flexibility index (Phi) is 5.10. The van der Waals surface area contributed by atoms with E-state index in [0.717, 1.165) is 0 Å². The van der Waals surface area contributed by atoms with Gasteiger partial charge in [-0.1, -0.05) is 11.6 Å². The molecule has 0 unspecified atom stereocenters. The number of hydrogen-bond acceptors (Lipinski definition) is 4. The average Bonchev–Trinajstić information content (AvgIpc) is 2.40. The molecule has 0 bridgehead atoms. The van der Waals surface area contributed by atoms with Gasteiger partial charge in [-0.3, -0.25) is 0 Å². The Bertz CT molecular complexity index is 192. The van der Waals surface area contributed by atoms with Gasteiger partial charge in [0.2, 0.25) is 0 Å². The minimum absolute atomic E-state index is 0.0165. The first-order chi connectivity index (χ1) is 4.83. The van der Waals surface area contributed by atoms with E-state index in [-0.39, 0.29) is 6.61 Å². The van der Waals surface area contributed by atoms with Crippen LogP contribution in [-0.2, 0) is 6.61 Å². The lowest BCUT2D eigenvalue weighted by Gasteiger charge is -1.77. The number of aromatic nitrogens is 1. The van der Waals surface area contributed by atoms with Gasteiger partial charge in [0.15, 0.2) is 0 Å². The molecular weight excluding hydrogens is 172 g/mol. The number of aliphatic hydroxyl groups is 1. The van der Waals surface area contributed by atoms with Crippen molar-refractivity contribution in [1.82, 2.24) is 4.98 Å². The largest absolute Gasteiger partial charge is 0.389 e. The van der Waals surface area contributed by atoms with Crippen molar-refractivity contribution in [1.29, 1.82) is 5.41 Å². The zero-order chi connectivity index (χ0) is 7.98. The molecule has 1 heterocycles. The molecular formula is C5H7ClN2OS. The summed E-state index contributed by atoms with van der Waals surface area (Å²) >= 11 is 6.78. The third-order valence-electron chi connectivity index (χ3n) is 0.661. The van der Waals surface area contributed by atoms with E-state index in [1.165, 1.54) is 17.5 Å². The van der Waals surface area contributed by atoms with Gasteiger partial charge in [0.25, 0.3) is 0 Å². The fourth-order valence-corrected chi connectivity index (χ4v) is 1.18. The first-order valence-electron chi connectivity index (χ1n) is 2.39. The molecule has 0 fully saturated rings. The molecule has 0 atom stereocenters. The highest BCUT2D eigenvalue weighted by Gasteiger charge is 1.94. The van der Waals surface area contributed by atoms with Gasteiger partial charge in [-0.25, -0.2) is 4.98 Å². The second-order valence-electron chi connectivity index (χ2n) is 1.22. The van der Waals surface area contributed by atoms with Crippen LogP contribution in [-0.4, -0.2) is 16.8 Å². The highest BCUT2D eigenvalue weighted by Crippen LogP contribution is 2.17. The molecule has 56 valence electrons. The fraction of sp³-hybridized carbons (Fsp3) is 0.200. The minimum atomic E-state index is -0.0165. The van der Waals surface area contributed by atoms with Crippen LogP contribution in [0.2, 0.25) is 4.34 Å². The number of rotatable bonds is 1. The summed E-state index contributed by atoms with van der Waals surface area (Å²) in [6.07, 6.45) is 1.53. The molecule has 0 amide bonds. The predicted molar refractivity (Wildman–Crippen MR) is 42.9 cm³/mol. The monoisotopic (exact) mass is 178 g/mol. The Morgan fingerprint density at radius 1 is 1.80 bits per heavy atom. The van der Waals surface area contributed by atoms with Gasteiger partial charge in [0.05, 0.1) is 12.8 Å². The Morgan fingerprint density at radius 2 is 2.40 bits per heavy atom. The minimum Gasteiger partial charge on any atom is -0.389 e. The van der Waals surface area contributed by atoms with Crippen LogP contribution in [0.3, 0.4) is 0 Å². The second kappa shape index (κ2) is 5.34. The molecule has 1 aromatic heterocycles. The lowest BCUT2D eigenvalue weighted by atomic mass is 10.8. The maximum absolute atomic E-state index is 8.44. The fourth-order valence-electron chi connectivity index (χ4n) is 0.361. The summed E-state index contributed by atoms with van der Waals surface area (Å²) in [6.45, 7) is 2.48. The predicted octanol–water partition coefficient (Wildman–Crippen LogP) is 1.55. The van der Waals surface area contributed by atoms with E-state index in [2.05, 4.69) is 11.7 Å². The molecule has 5 heteroatoms. The Hall–Kier alpha value is -0.450. The average molecular weight is 179 g/mol. The van der Waals surface area contributed by atoms with E-state index in [1.54, 1.807) is 0 Å². The zero-order valence-electron chi connectivity index (χ0n) is 5.17. The topological polar surface area (TPSA) is 57.0 Å². The van der Waals surface area contributed by atoms with Crippen molar-refractivity contribution >= 4 is 29.7 Å². The highest BCUT2D eigenvalue weighted by atomic mass is 35.5. The summed E-state index contributed by atoms with van der Waals surface area (Å²) in [6, 6.07) is 0. The molecule has 3 nitrogen and oxygen atoms in total. The van der Waals surface area contributed by atoms with Crippen LogP contribution in [0.25, 0.3) is 0 Å². The molecule has 2 N–H and O–H groups in total. The van der Waals surface area contributed by atoms with Crippen molar-refractivity contribution in [3.05, 3.63) is 15.5 Å². The molecule has 0 radical (unpaired) electrons. The quantitative estimate of drug-likeness (QED) is 0.642. The molecule has 1 rings (SSSR count). The van der Waals surface area contributed by atoms with Gasteiger partial charge in [0.1, 0.15) is 9.34 Å². The molecule has 0 aromatic carbocycles. The molecule has 0 saturated carbocycles. The smallest absolute Gasteiger partial charge is 0.119 e. The lowest BCUT2D eigenvalue weighted by molar-refractivity contribution is 0.281. The molecule has 1 aromatic rings. The normalized spacial score (nSPS) is 8.20. The van der Waals surface area contributed by atoms with Gasteiger partial charge in [-0.05, 0) is 6.72 Å². The number of nitrogens with one attached hydrogen (secondary N) is 1. The zero-order valence-corrected chi connectivity index (χ0v) is 6.74. The molecule has 0 aliphatic heterocycles. The highest BCUT2D eigenvalue weighted by molar-refractivity contribution is 7.15. The summed E-state index contributed by atoms with van der Waals surface area (Å²) in [7, 11) is 0. The molecule has 0 saturated heterocycles. The third kappa shape index (κ3) is 2.91. The number of nitrogens with zero attached hydrogens (tertiary/aromatic N) is 1. The Morgan fingerprint density at radius 3 is 2.60 bits per heavy atom. The number of aliphatic hydroxyl groups excluding tert-OH is 1. The van der Waals surface area contributed by atoms with Crippen molar-refractivity contribution in [2.75, 3.05) is 0 Å². The van der Waals surface area contributed by atoms with Crippen LogP contribution >= 0.6 is 22.9 Å². The molecule has 0 spiro atoms. The van der Waals surface area contributed by atoms with Crippen LogP contribution in [0.4, 0.5) is 0 Å². The number of hydrogen-bond donors (Lipinski definition) is 2. The van der Waals surface area contributed by atoms with E-state index >= 15 is 0 Å². The Balaban J connectivity index is 0.000000371. The van der Waals surface area contributed by atoms with Crippen LogP contribution < -0.4 is 0 Å². The summed E-state index contributed by atoms with van der Waals surface area (Å²) in [5.41, 5.74) is 0. The van der Waals surface area contributed by atoms with Gasteiger partial charge in [-0.2, -0.15) is 0 Å². The van der Waals surface area contributed by atoms with Gasteiger partial charge >= 0.3 is 0 Å². The summed E-state index contributed by atoms with van der Waals surface area (Å²) in [4.78, 5) is 3.77. The molecule has 10 heavy (non-hydrogen) atoms. The van der Waals surface area contributed by atoms with Crippen molar-refractivity contribution in [2.24, 2.45) is 0 Å². The van der Waals surface area contributed by atoms with E-state index in [9.17, 15) is 0 Å². The first kappa shape index (κ1) is 9.55. The number of thiazole rings is 1. The van der Waals surface area contributed by atoms with E-state index in [0.29, 0.717) is 9.34 Å². The third-order valence-corrected chi connectivity index (χ3v) is 1.76. The summed E-state index contributed by atoms with van der Waals surface area (Å²) in [5, 5.41) is 14.6. The standard InChI is InChI=1S/C4H4ClNOS.CH3N/c5-3-1-6-4(2-7)8-3;1-2/h1,7H,2H2;2H,1H2. The van der Waals surface area contributed by atoms with Crippen molar-refractivity contribution in [3.63, 3.8) is 0 Å². The van der Waals surface area contributed by atoms with E-state index < -0.39 is 0 Å². The summed E-state index contributed by atoms with van der Waals surface area (Å²) in [5.74, 6) is 0. The SMILES string of the molecule is C=N.OCc1ncc(Cl)s1.